The van der Waals surface area contributed by atoms with Gasteiger partial charge >= 0.3 is 0 Å². The molecule has 0 aliphatic rings. The van der Waals surface area contributed by atoms with E-state index < -0.39 is 0 Å². The quantitative estimate of drug-likeness (QED) is 0.670. The van der Waals surface area contributed by atoms with Gasteiger partial charge in [0.1, 0.15) is 12.0 Å². The number of carbonyl (C=O) groups is 1. The van der Waals surface area contributed by atoms with Gasteiger partial charge < -0.3 is 9.53 Å². The summed E-state index contributed by atoms with van der Waals surface area (Å²) in [7, 11) is 1.64. The molecule has 0 amide bonds. The number of hydrogen-bond acceptors (Lipinski definition) is 2. The lowest BCUT2D eigenvalue weighted by Gasteiger charge is -2.09. The van der Waals surface area contributed by atoms with Crippen LogP contribution in [-0.2, 0) is 4.79 Å². The number of rotatable bonds is 5. The van der Waals surface area contributed by atoms with Gasteiger partial charge in [-0.2, -0.15) is 0 Å². The molecule has 0 aliphatic carbocycles. The van der Waals surface area contributed by atoms with E-state index in [2.05, 4.69) is 6.92 Å². The Balaban J connectivity index is 2.78. The van der Waals surface area contributed by atoms with E-state index in [1.54, 1.807) is 7.11 Å². The Hall–Kier alpha value is -1.31. The summed E-state index contributed by atoms with van der Waals surface area (Å²) in [6, 6.07) is 7.68. The van der Waals surface area contributed by atoms with Crippen molar-refractivity contribution in [1.82, 2.24) is 0 Å². The van der Waals surface area contributed by atoms with E-state index in [1.807, 2.05) is 24.3 Å². The number of benzene rings is 1. The van der Waals surface area contributed by atoms with Crippen molar-refractivity contribution < 1.29 is 9.53 Å². The molecule has 1 aromatic carbocycles. The second kappa shape index (κ2) is 5.43. The van der Waals surface area contributed by atoms with E-state index in [9.17, 15) is 4.79 Å². The Morgan fingerprint density at radius 2 is 2.00 bits per heavy atom. The highest BCUT2D eigenvalue weighted by Crippen LogP contribution is 2.21. The highest BCUT2D eigenvalue weighted by molar-refractivity contribution is 5.62. The first kappa shape index (κ1) is 10.8. The highest BCUT2D eigenvalue weighted by Gasteiger charge is 2.08. The van der Waals surface area contributed by atoms with E-state index in [-0.39, 0.29) is 5.92 Å². The van der Waals surface area contributed by atoms with Gasteiger partial charge in [-0.3, -0.25) is 0 Å². The molecule has 0 radical (unpaired) electrons. The van der Waals surface area contributed by atoms with Gasteiger partial charge in [0.05, 0.1) is 7.11 Å². The van der Waals surface area contributed by atoms with Crippen LogP contribution in [0.25, 0.3) is 0 Å². The molecule has 1 rings (SSSR count). The summed E-state index contributed by atoms with van der Waals surface area (Å²) in [6.07, 6.45) is 2.95. The van der Waals surface area contributed by atoms with E-state index in [0.717, 1.165) is 30.4 Å². The average Bonchev–Trinajstić information content (AvgIpc) is 2.26. The second-order valence-corrected chi connectivity index (χ2v) is 3.30. The standard InChI is InChI=1S/C12H16O2/c1-3-4-11(9-13)10-5-7-12(14-2)8-6-10/h5-9,11H,3-4H2,1-2H3. The van der Waals surface area contributed by atoms with Crippen LogP contribution < -0.4 is 4.74 Å². The minimum Gasteiger partial charge on any atom is -0.497 e. The Morgan fingerprint density at radius 1 is 1.36 bits per heavy atom. The Kier molecular flexibility index (Phi) is 4.17. The Labute approximate surface area is 84.9 Å². The summed E-state index contributed by atoms with van der Waals surface area (Å²) < 4.78 is 5.05. The molecule has 2 heteroatoms. The van der Waals surface area contributed by atoms with Crippen molar-refractivity contribution >= 4 is 6.29 Å². The van der Waals surface area contributed by atoms with E-state index in [0.29, 0.717) is 0 Å². The van der Waals surface area contributed by atoms with E-state index in [1.165, 1.54) is 0 Å². The summed E-state index contributed by atoms with van der Waals surface area (Å²) in [5, 5.41) is 0. The van der Waals surface area contributed by atoms with Gasteiger partial charge in [-0.15, -0.1) is 0 Å². The van der Waals surface area contributed by atoms with E-state index >= 15 is 0 Å². The minimum absolute atomic E-state index is 0.0332. The molecule has 76 valence electrons. The molecule has 1 atom stereocenters. The predicted molar refractivity (Wildman–Crippen MR) is 56.7 cm³/mol. The summed E-state index contributed by atoms with van der Waals surface area (Å²) >= 11 is 0. The van der Waals surface area contributed by atoms with Crippen molar-refractivity contribution in [3.05, 3.63) is 29.8 Å². The maximum atomic E-state index is 10.8. The van der Waals surface area contributed by atoms with E-state index in [4.69, 9.17) is 4.74 Å². The third-order valence-electron chi connectivity index (χ3n) is 2.31. The van der Waals surface area contributed by atoms with Gasteiger partial charge in [0.25, 0.3) is 0 Å². The fourth-order valence-electron chi connectivity index (χ4n) is 1.48. The molecule has 0 spiro atoms. The van der Waals surface area contributed by atoms with Crippen LogP contribution in [0.4, 0.5) is 0 Å². The van der Waals surface area contributed by atoms with Crippen molar-refractivity contribution in [2.45, 2.75) is 25.7 Å². The lowest BCUT2D eigenvalue weighted by Crippen LogP contribution is -1.99. The topological polar surface area (TPSA) is 26.3 Å². The number of methoxy groups -OCH3 is 1. The monoisotopic (exact) mass is 192 g/mol. The molecule has 0 heterocycles. The van der Waals surface area contributed by atoms with Crippen LogP contribution in [0.15, 0.2) is 24.3 Å². The number of aldehydes is 1. The fourth-order valence-corrected chi connectivity index (χ4v) is 1.48. The zero-order valence-corrected chi connectivity index (χ0v) is 8.69. The van der Waals surface area contributed by atoms with Gasteiger partial charge in [0, 0.05) is 5.92 Å². The largest absolute Gasteiger partial charge is 0.497 e. The zero-order chi connectivity index (χ0) is 10.4. The molecule has 2 nitrogen and oxygen atoms in total. The van der Waals surface area contributed by atoms with Crippen LogP contribution in [-0.4, -0.2) is 13.4 Å². The molecule has 1 aromatic rings. The predicted octanol–water partition coefficient (Wildman–Crippen LogP) is 2.78. The third-order valence-corrected chi connectivity index (χ3v) is 2.31. The van der Waals surface area contributed by atoms with Gasteiger partial charge in [-0.25, -0.2) is 0 Å². The maximum Gasteiger partial charge on any atom is 0.127 e. The Morgan fingerprint density at radius 3 is 2.43 bits per heavy atom. The Bertz CT molecular complexity index is 277. The lowest BCUT2D eigenvalue weighted by atomic mass is 9.96. The summed E-state index contributed by atoms with van der Waals surface area (Å²) in [5.41, 5.74) is 1.07. The van der Waals surface area contributed by atoms with Crippen LogP contribution in [0.1, 0.15) is 31.2 Å². The third kappa shape index (κ3) is 2.59. The molecule has 0 saturated carbocycles. The second-order valence-electron chi connectivity index (χ2n) is 3.30. The van der Waals surface area contributed by atoms with Gasteiger partial charge in [-0.05, 0) is 24.1 Å². The van der Waals surface area contributed by atoms with Crippen molar-refractivity contribution in [1.29, 1.82) is 0 Å². The van der Waals surface area contributed by atoms with Gasteiger partial charge in [-0.1, -0.05) is 25.5 Å². The van der Waals surface area contributed by atoms with Gasteiger partial charge in [0.15, 0.2) is 0 Å². The van der Waals surface area contributed by atoms with Crippen LogP contribution in [0.2, 0.25) is 0 Å². The first-order chi connectivity index (χ1) is 6.81. The van der Waals surface area contributed by atoms with Crippen LogP contribution in [0.3, 0.4) is 0 Å². The molecule has 0 N–H and O–H groups in total. The smallest absolute Gasteiger partial charge is 0.127 e. The number of carbonyl (C=O) groups excluding carboxylic acids is 1. The first-order valence-electron chi connectivity index (χ1n) is 4.91. The van der Waals surface area contributed by atoms with Crippen molar-refractivity contribution in [2.75, 3.05) is 7.11 Å². The first-order valence-corrected chi connectivity index (χ1v) is 4.91. The lowest BCUT2D eigenvalue weighted by molar-refractivity contribution is -0.109. The minimum atomic E-state index is 0.0332. The number of hydrogen-bond donors (Lipinski definition) is 0. The SMILES string of the molecule is CCCC(C=O)c1ccc(OC)cc1. The molecule has 1 unspecified atom stereocenters. The molecule has 0 fully saturated rings. The summed E-state index contributed by atoms with van der Waals surface area (Å²) in [4.78, 5) is 10.8. The van der Waals surface area contributed by atoms with Gasteiger partial charge in [0.2, 0.25) is 0 Å². The molecule has 0 bridgehead atoms. The van der Waals surface area contributed by atoms with Crippen LogP contribution in [0.5, 0.6) is 5.75 Å². The average molecular weight is 192 g/mol. The summed E-state index contributed by atoms with van der Waals surface area (Å²) in [6.45, 7) is 2.08. The molecule has 14 heavy (non-hydrogen) atoms. The van der Waals surface area contributed by atoms with Crippen LogP contribution in [0, 0.1) is 0 Å². The highest BCUT2D eigenvalue weighted by atomic mass is 16.5. The van der Waals surface area contributed by atoms with Crippen molar-refractivity contribution in [3.8, 4) is 5.75 Å². The fraction of sp³-hybridized carbons (Fsp3) is 0.417. The molecule has 0 saturated heterocycles. The summed E-state index contributed by atoms with van der Waals surface area (Å²) in [5.74, 6) is 0.862. The molecular weight excluding hydrogens is 176 g/mol. The maximum absolute atomic E-state index is 10.8. The molecular formula is C12H16O2. The molecule has 0 aliphatic heterocycles. The van der Waals surface area contributed by atoms with Crippen molar-refractivity contribution in [2.24, 2.45) is 0 Å². The number of ether oxygens (including phenoxy) is 1. The normalized spacial score (nSPS) is 12.1. The van der Waals surface area contributed by atoms with Crippen LogP contribution >= 0.6 is 0 Å². The zero-order valence-electron chi connectivity index (χ0n) is 8.69. The molecule has 0 aromatic heterocycles. The van der Waals surface area contributed by atoms with Crippen molar-refractivity contribution in [3.63, 3.8) is 0 Å².